The van der Waals surface area contributed by atoms with E-state index in [9.17, 15) is 9.90 Å². The van der Waals surface area contributed by atoms with Crippen LogP contribution in [0, 0.1) is 0 Å². The van der Waals surface area contributed by atoms with Crippen LogP contribution in [0.1, 0.15) is 50.9 Å². The van der Waals surface area contributed by atoms with E-state index in [-0.39, 0.29) is 17.6 Å². The number of rotatable bonds is 5. The molecule has 4 heteroatoms. The number of ether oxygens (including phenoxy) is 1. The van der Waals surface area contributed by atoms with Crippen LogP contribution in [0.15, 0.2) is 18.2 Å². The van der Waals surface area contributed by atoms with E-state index in [4.69, 9.17) is 4.74 Å². The Morgan fingerprint density at radius 3 is 2.57 bits per heavy atom. The Bertz CT molecular complexity index is 525. The zero-order chi connectivity index (χ0) is 15.6. The number of ketones is 1. The van der Waals surface area contributed by atoms with Crippen LogP contribution >= 0.6 is 0 Å². The van der Waals surface area contributed by atoms with Gasteiger partial charge in [-0.1, -0.05) is 20.8 Å². The number of likely N-dealkylation sites (N-methyl/N-ethyl adjacent to an activating group) is 1. The molecule has 0 aromatic heterocycles. The Labute approximate surface area is 126 Å². The maximum Gasteiger partial charge on any atom is 0.170 e. The second-order valence-electron chi connectivity index (χ2n) is 5.84. The summed E-state index contributed by atoms with van der Waals surface area (Å²) in [5, 5.41) is 9.64. The molecule has 0 spiro atoms. The van der Waals surface area contributed by atoms with Crippen molar-refractivity contribution in [2.45, 2.75) is 52.2 Å². The zero-order valence-corrected chi connectivity index (χ0v) is 13.3. The van der Waals surface area contributed by atoms with Crippen LogP contribution in [0.4, 0.5) is 0 Å². The van der Waals surface area contributed by atoms with Gasteiger partial charge in [0.2, 0.25) is 0 Å². The number of phenols is 1. The van der Waals surface area contributed by atoms with Gasteiger partial charge in [-0.05, 0) is 38.6 Å². The van der Waals surface area contributed by atoms with E-state index in [1.165, 1.54) is 6.07 Å². The van der Waals surface area contributed by atoms with Gasteiger partial charge in [-0.15, -0.1) is 0 Å². The smallest absolute Gasteiger partial charge is 0.170 e. The molecule has 21 heavy (non-hydrogen) atoms. The lowest BCUT2D eigenvalue weighted by atomic mass is 9.83. The van der Waals surface area contributed by atoms with Gasteiger partial charge < -0.3 is 9.84 Å². The Balaban J connectivity index is 2.38. The molecule has 0 aliphatic carbocycles. The van der Waals surface area contributed by atoms with Gasteiger partial charge in [0.15, 0.2) is 5.78 Å². The number of Topliss-reactive ketones (excluding diaryl/α,β-unsaturated/α-hetero) is 1. The lowest BCUT2D eigenvalue weighted by Gasteiger charge is -2.45. The van der Waals surface area contributed by atoms with Gasteiger partial charge in [0.05, 0.1) is 12.0 Å². The summed E-state index contributed by atoms with van der Waals surface area (Å²) < 4.78 is 6.19. The van der Waals surface area contributed by atoms with Crippen LogP contribution in [0.3, 0.4) is 0 Å². The molecular weight excluding hydrogens is 266 g/mol. The minimum Gasteiger partial charge on any atom is -0.508 e. The number of benzene rings is 1. The molecule has 2 atom stereocenters. The summed E-state index contributed by atoms with van der Waals surface area (Å²) in [5.41, 5.74) is 0.0122. The lowest BCUT2D eigenvalue weighted by Crippen LogP contribution is -2.56. The first kappa shape index (κ1) is 15.8. The van der Waals surface area contributed by atoms with E-state index in [0.29, 0.717) is 17.7 Å². The van der Waals surface area contributed by atoms with E-state index in [0.717, 1.165) is 19.5 Å². The molecule has 1 aromatic rings. The predicted octanol–water partition coefficient (Wildman–Crippen LogP) is 3.24. The molecule has 4 nitrogen and oxygen atoms in total. The third kappa shape index (κ3) is 2.91. The Kier molecular flexibility index (Phi) is 4.57. The third-order valence-electron chi connectivity index (χ3n) is 4.47. The number of phenolic OH excluding ortho intramolecular Hbond substituents is 1. The first-order chi connectivity index (χ1) is 9.95. The number of carbonyl (C=O) groups excluding carboxylic acids is 1. The molecule has 2 unspecified atom stereocenters. The first-order valence-corrected chi connectivity index (χ1v) is 7.74. The standard InChI is InChI=1S/C17H25NO3/c1-5-16(18(6-2)7-3)17(4)11-14(20)13-9-8-12(19)10-15(13)21-17/h8-10,16,19H,5-7,11H2,1-4H3. The van der Waals surface area contributed by atoms with Crippen LogP contribution in [-0.2, 0) is 0 Å². The van der Waals surface area contributed by atoms with Crippen molar-refractivity contribution in [3.63, 3.8) is 0 Å². The number of carbonyl (C=O) groups is 1. The topological polar surface area (TPSA) is 49.8 Å². The molecule has 1 aliphatic rings. The third-order valence-corrected chi connectivity index (χ3v) is 4.47. The van der Waals surface area contributed by atoms with Crippen molar-refractivity contribution in [1.29, 1.82) is 0 Å². The molecule has 1 heterocycles. The van der Waals surface area contributed by atoms with Crippen molar-refractivity contribution < 1.29 is 14.6 Å². The van der Waals surface area contributed by atoms with Crippen molar-refractivity contribution in [3.8, 4) is 11.5 Å². The van der Waals surface area contributed by atoms with Crippen LogP contribution in [-0.4, -0.2) is 40.5 Å². The molecule has 2 rings (SSSR count). The van der Waals surface area contributed by atoms with Crippen molar-refractivity contribution in [1.82, 2.24) is 4.90 Å². The fraction of sp³-hybridized carbons (Fsp3) is 0.588. The highest BCUT2D eigenvalue weighted by atomic mass is 16.5. The Morgan fingerprint density at radius 2 is 2.00 bits per heavy atom. The number of fused-ring (bicyclic) bond motifs is 1. The maximum atomic E-state index is 12.5. The van der Waals surface area contributed by atoms with Crippen LogP contribution in [0.25, 0.3) is 0 Å². The van der Waals surface area contributed by atoms with Crippen LogP contribution < -0.4 is 4.74 Å². The number of nitrogens with zero attached hydrogens (tertiary/aromatic N) is 1. The average molecular weight is 291 g/mol. The van der Waals surface area contributed by atoms with E-state index in [1.54, 1.807) is 12.1 Å². The highest BCUT2D eigenvalue weighted by molar-refractivity contribution is 6.00. The van der Waals surface area contributed by atoms with Gasteiger partial charge in [-0.2, -0.15) is 0 Å². The summed E-state index contributed by atoms with van der Waals surface area (Å²) in [6, 6.07) is 4.89. The zero-order valence-electron chi connectivity index (χ0n) is 13.3. The number of aromatic hydroxyl groups is 1. The summed E-state index contributed by atoms with van der Waals surface area (Å²) in [5.74, 6) is 0.713. The first-order valence-electron chi connectivity index (χ1n) is 7.74. The van der Waals surface area contributed by atoms with Gasteiger partial charge >= 0.3 is 0 Å². The minimum atomic E-state index is -0.557. The fourth-order valence-corrected chi connectivity index (χ4v) is 3.45. The minimum absolute atomic E-state index is 0.0874. The number of hydrogen-bond donors (Lipinski definition) is 1. The largest absolute Gasteiger partial charge is 0.508 e. The summed E-state index contributed by atoms with van der Waals surface area (Å²) in [6.45, 7) is 10.2. The van der Waals surface area contributed by atoms with Crippen molar-refractivity contribution in [3.05, 3.63) is 23.8 Å². The molecule has 0 saturated heterocycles. The monoisotopic (exact) mass is 291 g/mol. The van der Waals surface area contributed by atoms with Gasteiger partial charge in [-0.3, -0.25) is 9.69 Å². The molecule has 0 fully saturated rings. The number of hydrogen-bond acceptors (Lipinski definition) is 4. The average Bonchev–Trinajstić information content (AvgIpc) is 2.43. The summed E-state index contributed by atoms with van der Waals surface area (Å²) in [6.07, 6.45) is 1.29. The van der Waals surface area contributed by atoms with Gasteiger partial charge in [-0.25, -0.2) is 0 Å². The fourth-order valence-electron chi connectivity index (χ4n) is 3.45. The molecule has 0 saturated carbocycles. The van der Waals surface area contributed by atoms with Gasteiger partial charge in [0.1, 0.15) is 17.1 Å². The highest BCUT2D eigenvalue weighted by Gasteiger charge is 2.44. The van der Waals surface area contributed by atoms with E-state index < -0.39 is 5.60 Å². The van der Waals surface area contributed by atoms with Crippen LogP contribution in [0.5, 0.6) is 11.5 Å². The molecule has 0 radical (unpaired) electrons. The van der Waals surface area contributed by atoms with E-state index in [1.807, 2.05) is 6.92 Å². The molecule has 0 bridgehead atoms. The lowest BCUT2D eigenvalue weighted by molar-refractivity contribution is -0.0203. The van der Waals surface area contributed by atoms with Crippen molar-refractivity contribution >= 4 is 5.78 Å². The Morgan fingerprint density at radius 1 is 1.33 bits per heavy atom. The molecule has 116 valence electrons. The quantitative estimate of drug-likeness (QED) is 0.905. The Hall–Kier alpha value is -1.55. The van der Waals surface area contributed by atoms with Crippen molar-refractivity contribution in [2.75, 3.05) is 13.1 Å². The van der Waals surface area contributed by atoms with Gasteiger partial charge in [0.25, 0.3) is 0 Å². The summed E-state index contributed by atoms with van der Waals surface area (Å²) in [4.78, 5) is 14.8. The normalized spacial score (nSPS) is 22.8. The highest BCUT2D eigenvalue weighted by Crippen LogP contribution is 2.39. The molecule has 1 aromatic carbocycles. The summed E-state index contributed by atoms with van der Waals surface area (Å²) in [7, 11) is 0. The van der Waals surface area contributed by atoms with E-state index >= 15 is 0 Å². The molecule has 1 N–H and O–H groups in total. The predicted molar refractivity (Wildman–Crippen MR) is 83.1 cm³/mol. The van der Waals surface area contributed by atoms with Gasteiger partial charge in [0, 0.05) is 12.1 Å². The SMILES string of the molecule is CCC(N(CC)CC)C1(C)CC(=O)c2ccc(O)cc2O1. The second-order valence-corrected chi connectivity index (χ2v) is 5.84. The molecule has 1 aliphatic heterocycles. The van der Waals surface area contributed by atoms with E-state index in [2.05, 4.69) is 25.7 Å². The second kappa shape index (κ2) is 6.06. The van der Waals surface area contributed by atoms with Crippen LogP contribution in [0.2, 0.25) is 0 Å². The van der Waals surface area contributed by atoms with Crippen molar-refractivity contribution in [2.24, 2.45) is 0 Å². The summed E-state index contributed by atoms with van der Waals surface area (Å²) >= 11 is 0. The maximum absolute atomic E-state index is 12.5. The molecular formula is C17H25NO3. The molecule has 0 amide bonds.